The summed E-state index contributed by atoms with van der Waals surface area (Å²) in [5.74, 6) is -1.54. The lowest BCUT2D eigenvalue weighted by Crippen LogP contribution is -2.09. The minimum atomic E-state index is -3.04. The maximum atomic E-state index is 12.7. The van der Waals surface area contributed by atoms with Gasteiger partial charge in [0.1, 0.15) is 5.56 Å². The Balaban J connectivity index is 3.27. The average molecular weight is 372 g/mol. The molecule has 0 aromatic carbocycles. The summed E-state index contributed by atoms with van der Waals surface area (Å²) in [4.78, 5) is 24.1. The summed E-state index contributed by atoms with van der Waals surface area (Å²) in [5.41, 5.74) is -0.636. The van der Waals surface area contributed by atoms with Gasteiger partial charge in [-0.15, -0.1) is 0 Å². The van der Waals surface area contributed by atoms with E-state index in [9.17, 15) is 23.7 Å². The molecule has 0 bridgehead atoms. The molecule has 0 amide bonds. The number of nitrogens with zero attached hydrogens (tertiary/aromatic N) is 2. The van der Waals surface area contributed by atoms with E-state index in [1.807, 2.05) is 0 Å². The molecule has 1 aromatic heterocycles. The van der Waals surface area contributed by atoms with E-state index in [2.05, 4.69) is 9.72 Å². The van der Waals surface area contributed by atoms with Crippen molar-refractivity contribution in [1.82, 2.24) is 4.98 Å². The smallest absolute Gasteiger partial charge is 0.373 e. The van der Waals surface area contributed by atoms with Crippen LogP contribution in [-0.2, 0) is 16.0 Å². The summed E-state index contributed by atoms with van der Waals surface area (Å²) in [6.45, 7) is 0. The number of halogens is 3. The normalized spacial score (nSPS) is 10.5. The molecule has 0 saturated heterocycles. The van der Waals surface area contributed by atoms with Gasteiger partial charge < -0.3 is 14.9 Å². The van der Waals surface area contributed by atoms with Crippen LogP contribution in [0.2, 0.25) is 0 Å². The van der Waals surface area contributed by atoms with Crippen molar-refractivity contribution in [2.24, 2.45) is 0 Å². The molecule has 98 valence electrons. The standard InChI is InChI=1S/C9H7F2IN2O4/c1-18-6(15)3-4-2-5(7(10)11)9(14(16)17)13-8(4)12/h2,7H,3H2,1H3. The van der Waals surface area contributed by atoms with Crippen molar-refractivity contribution in [1.29, 1.82) is 0 Å². The molecule has 1 heterocycles. The molecule has 0 fully saturated rings. The van der Waals surface area contributed by atoms with Crippen molar-refractivity contribution in [3.8, 4) is 0 Å². The largest absolute Gasteiger partial charge is 0.469 e. The first-order valence-electron chi connectivity index (χ1n) is 4.55. The van der Waals surface area contributed by atoms with Gasteiger partial charge in [-0.3, -0.25) is 4.79 Å². The number of methoxy groups -OCH3 is 1. The van der Waals surface area contributed by atoms with E-state index in [0.29, 0.717) is 0 Å². The zero-order valence-corrected chi connectivity index (χ0v) is 11.2. The predicted molar refractivity (Wildman–Crippen MR) is 64.3 cm³/mol. The Hall–Kier alpha value is -1.39. The second kappa shape index (κ2) is 5.98. The van der Waals surface area contributed by atoms with Crippen LogP contribution in [0.1, 0.15) is 17.6 Å². The van der Waals surface area contributed by atoms with Crippen molar-refractivity contribution >= 4 is 34.4 Å². The van der Waals surface area contributed by atoms with Crippen LogP contribution in [0, 0.1) is 13.8 Å². The van der Waals surface area contributed by atoms with Gasteiger partial charge in [0.15, 0.2) is 0 Å². The number of pyridine rings is 1. The molecule has 6 nitrogen and oxygen atoms in total. The van der Waals surface area contributed by atoms with Crippen molar-refractivity contribution in [3.05, 3.63) is 31.0 Å². The fraction of sp³-hybridized carbons (Fsp3) is 0.333. The summed E-state index contributed by atoms with van der Waals surface area (Å²) < 4.78 is 29.8. The number of esters is 1. The third kappa shape index (κ3) is 3.31. The highest BCUT2D eigenvalue weighted by Crippen LogP contribution is 2.29. The number of hydrogen-bond acceptors (Lipinski definition) is 5. The Kier molecular flexibility index (Phi) is 4.87. The SMILES string of the molecule is COC(=O)Cc1cc(C(F)F)c([N+](=O)[O-])nc1I. The molecule has 0 radical (unpaired) electrons. The highest BCUT2D eigenvalue weighted by atomic mass is 127. The van der Waals surface area contributed by atoms with Crippen LogP contribution in [0.25, 0.3) is 0 Å². The molecule has 0 aliphatic heterocycles. The molecular formula is C9H7F2IN2O4. The zero-order chi connectivity index (χ0) is 13.9. The minimum Gasteiger partial charge on any atom is -0.469 e. The molecule has 0 N–H and O–H groups in total. The first kappa shape index (κ1) is 14.7. The van der Waals surface area contributed by atoms with Crippen LogP contribution in [-0.4, -0.2) is 23.0 Å². The number of alkyl halides is 2. The quantitative estimate of drug-likeness (QED) is 0.266. The van der Waals surface area contributed by atoms with Gasteiger partial charge in [-0.05, 0) is 16.0 Å². The number of nitro groups is 1. The fourth-order valence-electron chi connectivity index (χ4n) is 1.20. The fourth-order valence-corrected chi connectivity index (χ4v) is 1.77. The summed E-state index contributed by atoms with van der Waals surface area (Å²) >= 11 is 1.64. The maximum absolute atomic E-state index is 12.7. The van der Waals surface area contributed by atoms with E-state index in [-0.39, 0.29) is 15.7 Å². The lowest BCUT2D eigenvalue weighted by Gasteiger charge is -2.05. The molecule has 0 saturated carbocycles. The van der Waals surface area contributed by atoms with Gasteiger partial charge in [0.25, 0.3) is 6.43 Å². The minimum absolute atomic E-state index is 0.120. The van der Waals surface area contributed by atoms with Gasteiger partial charge in [-0.1, -0.05) is 0 Å². The van der Waals surface area contributed by atoms with Crippen LogP contribution < -0.4 is 0 Å². The lowest BCUT2D eigenvalue weighted by molar-refractivity contribution is -0.391. The van der Waals surface area contributed by atoms with Crippen LogP contribution in [0.5, 0.6) is 0 Å². The Morgan fingerprint density at radius 1 is 1.67 bits per heavy atom. The lowest BCUT2D eigenvalue weighted by atomic mass is 10.1. The first-order valence-corrected chi connectivity index (χ1v) is 5.63. The van der Waals surface area contributed by atoms with Crippen molar-refractivity contribution < 1.29 is 23.2 Å². The molecule has 0 atom stereocenters. The predicted octanol–water partition coefficient (Wildman–Crippen LogP) is 2.25. The topological polar surface area (TPSA) is 82.3 Å². The number of rotatable bonds is 4. The van der Waals surface area contributed by atoms with Gasteiger partial charge in [0.05, 0.1) is 13.5 Å². The van der Waals surface area contributed by atoms with Gasteiger partial charge in [-0.2, -0.15) is 0 Å². The van der Waals surface area contributed by atoms with Crippen molar-refractivity contribution in [2.45, 2.75) is 12.8 Å². The Bertz CT molecular complexity index is 496. The summed E-state index contributed by atoms with van der Waals surface area (Å²) in [6, 6.07) is 0.911. The Morgan fingerprint density at radius 3 is 2.72 bits per heavy atom. The molecule has 1 aromatic rings. The van der Waals surface area contributed by atoms with Gasteiger partial charge >= 0.3 is 11.8 Å². The highest BCUT2D eigenvalue weighted by molar-refractivity contribution is 14.1. The number of ether oxygens (including phenoxy) is 1. The van der Waals surface area contributed by atoms with E-state index in [4.69, 9.17) is 0 Å². The summed E-state index contributed by atoms with van der Waals surface area (Å²) in [5, 5.41) is 10.6. The average Bonchev–Trinajstić information content (AvgIpc) is 2.30. The van der Waals surface area contributed by atoms with Gasteiger partial charge in [0, 0.05) is 28.2 Å². The van der Waals surface area contributed by atoms with Gasteiger partial charge in [0.2, 0.25) is 3.70 Å². The van der Waals surface area contributed by atoms with Crippen LogP contribution in [0.15, 0.2) is 6.07 Å². The molecule has 0 spiro atoms. The number of carbonyl (C=O) groups excluding carboxylic acids is 1. The summed E-state index contributed by atoms with van der Waals surface area (Å²) in [6.07, 6.45) is -3.30. The van der Waals surface area contributed by atoms with Crippen LogP contribution in [0.4, 0.5) is 14.6 Å². The number of hydrogen-bond donors (Lipinski definition) is 0. The second-order valence-electron chi connectivity index (χ2n) is 3.16. The van der Waals surface area contributed by atoms with Crippen LogP contribution >= 0.6 is 22.6 Å². The highest BCUT2D eigenvalue weighted by Gasteiger charge is 2.27. The van der Waals surface area contributed by atoms with Crippen molar-refractivity contribution in [3.63, 3.8) is 0 Å². The zero-order valence-electron chi connectivity index (χ0n) is 9.02. The van der Waals surface area contributed by atoms with E-state index >= 15 is 0 Å². The van der Waals surface area contributed by atoms with Crippen molar-refractivity contribution in [2.75, 3.05) is 7.11 Å². The van der Waals surface area contributed by atoms with E-state index < -0.39 is 28.7 Å². The third-order valence-corrected chi connectivity index (χ3v) is 2.96. The molecule has 0 unspecified atom stereocenters. The second-order valence-corrected chi connectivity index (χ2v) is 4.18. The summed E-state index contributed by atoms with van der Waals surface area (Å²) in [7, 11) is 1.15. The molecule has 18 heavy (non-hydrogen) atoms. The Morgan fingerprint density at radius 2 is 2.28 bits per heavy atom. The van der Waals surface area contributed by atoms with E-state index in [1.165, 1.54) is 0 Å². The molecular weight excluding hydrogens is 365 g/mol. The first-order chi connectivity index (χ1) is 8.36. The number of aromatic nitrogens is 1. The van der Waals surface area contributed by atoms with Gasteiger partial charge in [-0.25, -0.2) is 8.78 Å². The third-order valence-electron chi connectivity index (χ3n) is 2.03. The molecule has 1 rings (SSSR count). The Labute approximate surface area is 114 Å². The maximum Gasteiger partial charge on any atom is 0.373 e. The number of carbonyl (C=O) groups is 1. The van der Waals surface area contributed by atoms with E-state index in [1.54, 1.807) is 22.6 Å². The molecule has 9 heteroatoms. The van der Waals surface area contributed by atoms with E-state index in [0.717, 1.165) is 13.2 Å². The monoisotopic (exact) mass is 372 g/mol. The van der Waals surface area contributed by atoms with Crippen LogP contribution in [0.3, 0.4) is 0 Å². The molecule has 0 aliphatic rings. The molecule has 0 aliphatic carbocycles.